The fourth-order valence-corrected chi connectivity index (χ4v) is 0.797. The smallest absolute Gasteiger partial charge is 0.346 e. The Balaban J connectivity index is 3.00. The lowest BCUT2D eigenvalue weighted by molar-refractivity contribution is -0.132. The number of rotatable bonds is 2. The molecular formula is C8H7N3O2. The highest BCUT2D eigenvalue weighted by molar-refractivity contribution is 5.96. The van der Waals surface area contributed by atoms with Crippen LogP contribution in [0.2, 0.25) is 0 Å². The van der Waals surface area contributed by atoms with E-state index in [1.54, 1.807) is 23.9 Å². The summed E-state index contributed by atoms with van der Waals surface area (Å²) in [4.78, 5) is 14.3. The minimum atomic E-state index is -1.24. The first-order chi connectivity index (χ1) is 6.13. The molecule has 5 nitrogen and oxygen atoms in total. The third-order valence-corrected chi connectivity index (χ3v) is 1.37. The van der Waals surface area contributed by atoms with Gasteiger partial charge in [0.05, 0.1) is 12.0 Å². The number of imidazole rings is 1. The Morgan fingerprint density at radius 3 is 2.92 bits per heavy atom. The maximum atomic E-state index is 10.4. The Kier molecular flexibility index (Phi) is 2.45. The molecule has 0 aliphatic carbocycles. The predicted molar refractivity (Wildman–Crippen MR) is 44.4 cm³/mol. The number of hydrogen-bond donors (Lipinski definition) is 1. The monoisotopic (exact) mass is 177 g/mol. The van der Waals surface area contributed by atoms with Gasteiger partial charge in [-0.15, -0.1) is 0 Å². The van der Waals surface area contributed by atoms with Crippen molar-refractivity contribution in [3.8, 4) is 6.07 Å². The highest BCUT2D eigenvalue weighted by Gasteiger charge is 2.06. The van der Waals surface area contributed by atoms with Crippen molar-refractivity contribution in [2.24, 2.45) is 7.05 Å². The molecule has 0 aliphatic heterocycles. The first-order valence-corrected chi connectivity index (χ1v) is 3.46. The van der Waals surface area contributed by atoms with Gasteiger partial charge in [0.25, 0.3) is 0 Å². The van der Waals surface area contributed by atoms with Crippen LogP contribution >= 0.6 is 0 Å². The van der Waals surface area contributed by atoms with Crippen LogP contribution in [-0.4, -0.2) is 20.6 Å². The van der Waals surface area contributed by atoms with Gasteiger partial charge in [0.2, 0.25) is 0 Å². The van der Waals surface area contributed by atoms with E-state index in [9.17, 15) is 4.79 Å². The lowest BCUT2D eigenvalue weighted by atomic mass is 10.2. The van der Waals surface area contributed by atoms with Crippen LogP contribution in [0.5, 0.6) is 0 Å². The largest absolute Gasteiger partial charge is 0.477 e. The molecule has 0 bridgehead atoms. The summed E-state index contributed by atoms with van der Waals surface area (Å²) >= 11 is 0. The van der Waals surface area contributed by atoms with Gasteiger partial charge in [0.15, 0.2) is 0 Å². The zero-order chi connectivity index (χ0) is 9.84. The molecule has 5 heteroatoms. The second-order valence-corrected chi connectivity index (χ2v) is 2.44. The highest BCUT2D eigenvalue weighted by atomic mass is 16.4. The molecule has 0 saturated carbocycles. The van der Waals surface area contributed by atoms with Crippen molar-refractivity contribution in [1.82, 2.24) is 9.55 Å². The van der Waals surface area contributed by atoms with Crippen LogP contribution in [0.3, 0.4) is 0 Å². The Hall–Kier alpha value is -2.09. The Bertz CT molecular complexity index is 398. The fraction of sp³-hybridized carbons (Fsp3) is 0.125. The van der Waals surface area contributed by atoms with E-state index in [0.29, 0.717) is 5.69 Å². The molecular weight excluding hydrogens is 170 g/mol. The number of aryl methyl sites for hydroxylation is 1. The summed E-state index contributed by atoms with van der Waals surface area (Å²) in [6.45, 7) is 0. The summed E-state index contributed by atoms with van der Waals surface area (Å²) < 4.78 is 1.67. The Morgan fingerprint density at radius 1 is 1.85 bits per heavy atom. The molecule has 66 valence electrons. The Labute approximate surface area is 74.6 Å². The molecule has 0 fully saturated rings. The highest BCUT2D eigenvalue weighted by Crippen LogP contribution is 2.02. The maximum absolute atomic E-state index is 10.4. The van der Waals surface area contributed by atoms with E-state index in [1.807, 2.05) is 0 Å². The number of aromatic nitrogens is 2. The number of nitrogens with zero attached hydrogens (tertiary/aromatic N) is 3. The first kappa shape index (κ1) is 9.00. The summed E-state index contributed by atoms with van der Waals surface area (Å²) in [5.74, 6) is -1.24. The summed E-state index contributed by atoms with van der Waals surface area (Å²) in [7, 11) is 1.76. The van der Waals surface area contributed by atoms with Crippen molar-refractivity contribution in [3.05, 3.63) is 23.8 Å². The van der Waals surface area contributed by atoms with Crippen LogP contribution in [0.4, 0.5) is 0 Å². The van der Waals surface area contributed by atoms with Gasteiger partial charge in [0.1, 0.15) is 11.6 Å². The van der Waals surface area contributed by atoms with E-state index in [-0.39, 0.29) is 5.57 Å². The van der Waals surface area contributed by atoms with E-state index in [0.717, 1.165) is 0 Å². The normalized spacial score (nSPS) is 10.9. The number of carboxylic acid groups (broad SMARTS) is 1. The Morgan fingerprint density at radius 2 is 2.54 bits per heavy atom. The average Bonchev–Trinajstić information content (AvgIpc) is 2.46. The zero-order valence-corrected chi connectivity index (χ0v) is 6.93. The molecule has 0 spiro atoms. The molecule has 0 aromatic carbocycles. The molecule has 1 heterocycles. The molecule has 0 atom stereocenters. The van der Waals surface area contributed by atoms with Crippen molar-refractivity contribution in [2.45, 2.75) is 0 Å². The number of carbonyl (C=O) groups is 1. The van der Waals surface area contributed by atoms with E-state index in [1.165, 1.54) is 12.4 Å². The topological polar surface area (TPSA) is 78.9 Å². The minimum absolute atomic E-state index is 0.321. The van der Waals surface area contributed by atoms with Crippen molar-refractivity contribution < 1.29 is 9.90 Å². The molecule has 0 radical (unpaired) electrons. The lowest BCUT2D eigenvalue weighted by Gasteiger charge is -1.86. The van der Waals surface area contributed by atoms with Gasteiger partial charge in [0, 0.05) is 13.2 Å². The van der Waals surface area contributed by atoms with Crippen LogP contribution in [-0.2, 0) is 11.8 Å². The van der Waals surface area contributed by atoms with Crippen LogP contribution in [0.25, 0.3) is 6.08 Å². The van der Waals surface area contributed by atoms with Gasteiger partial charge >= 0.3 is 5.97 Å². The molecule has 13 heavy (non-hydrogen) atoms. The van der Waals surface area contributed by atoms with Crippen molar-refractivity contribution in [1.29, 1.82) is 5.26 Å². The number of hydrogen-bond acceptors (Lipinski definition) is 3. The molecule has 0 saturated heterocycles. The molecule has 1 aromatic heterocycles. The molecule has 1 aromatic rings. The van der Waals surface area contributed by atoms with Crippen LogP contribution < -0.4 is 0 Å². The van der Waals surface area contributed by atoms with Crippen molar-refractivity contribution >= 4 is 12.0 Å². The van der Waals surface area contributed by atoms with Crippen molar-refractivity contribution in [2.75, 3.05) is 0 Å². The van der Waals surface area contributed by atoms with Gasteiger partial charge in [-0.25, -0.2) is 9.78 Å². The molecule has 0 amide bonds. The summed E-state index contributed by atoms with van der Waals surface area (Å²) in [5.41, 5.74) is 0.139. The van der Waals surface area contributed by atoms with E-state index < -0.39 is 5.97 Å². The van der Waals surface area contributed by atoms with Crippen LogP contribution in [0.1, 0.15) is 5.69 Å². The second-order valence-electron chi connectivity index (χ2n) is 2.44. The number of carboxylic acids is 1. The molecule has 1 rings (SSSR count). The van der Waals surface area contributed by atoms with E-state index in [2.05, 4.69) is 4.98 Å². The standard InChI is InChI=1S/C8H7N3O2/c1-11-4-7(10-5-11)2-6(3-9)8(12)13/h2,4-5H,1H3,(H,12,13)/b6-2+. The van der Waals surface area contributed by atoms with Gasteiger partial charge in [-0.3, -0.25) is 0 Å². The maximum Gasteiger partial charge on any atom is 0.346 e. The van der Waals surface area contributed by atoms with Crippen molar-refractivity contribution in [3.63, 3.8) is 0 Å². The summed E-state index contributed by atoms with van der Waals surface area (Å²) in [5, 5.41) is 16.9. The number of aliphatic carboxylic acids is 1. The predicted octanol–water partition coefficient (Wildman–Crippen LogP) is 0.412. The fourth-order valence-electron chi connectivity index (χ4n) is 0.797. The minimum Gasteiger partial charge on any atom is -0.477 e. The number of nitriles is 1. The summed E-state index contributed by atoms with van der Waals surface area (Å²) in [6.07, 6.45) is 4.38. The average molecular weight is 177 g/mol. The van der Waals surface area contributed by atoms with E-state index in [4.69, 9.17) is 10.4 Å². The van der Waals surface area contributed by atoms with Gasteiger partial charge < -0.3 is 9.67 Å². The third kappa shape index (κ3) is 2.17. The molecule has 0 aliphatic rings. The third-order valence-electron chi connectivity index (χ3n) is 1.37. The SMILES string of the molecule is Cn1cnc(/C=C(\C#N)C(=O)O)c1. The van der Waals surface area contributed by atoms with E-state index >= 15 is 0 Å². The summed E-state index contributed by atoms with van der Waals surface area (Å²) in [6, 6.07) is 1.57. The van der Waals surface area contributed by atoms with Crippen LogP contribution in [0, 0.1) is 11.3 Å². The van der Waals surface area contributed by atoms with Crippen LogP contribution in [0.15, 0.2) is 18.1 Å². The lowest BCUT2D eigenvalue weighted by Crippen LogP contribution is -1.97. The quantitative estimate of drug-likeness (QED) is 0.524. The first-order valence-electron chi connectivity index (χ1n) is 3.46. The van der Waals surface area contributed by atoms with Gasteiger partial charge in [-0.1, -0.05) is 0 Å². The van der Waals surface area contributed by atoms with Gasteiger partial charge in [-0.05, 0) is 6.08 Å². The molecule has 1 N–H and O–H groups in total. The molecule has 0 unspecified atom stereocenters. The zero-order valence-electron chi connectivity index (χ0n) is 6.93. The van der Waals surface area contributed by atoms with Gasteiger partial charge in [-0.2, -0.15) is 5.26 Å². The second kappa shape index (κ2) is 3.54.